The van der Waals surface area contributed by atoms with Crippen LogP contribution in [-0.4, -0.2) is 23.0 Å². The second-order valence-electron chi connectivity index (χ2n) is 8.61. The van der Waals surface area contributed by atoms with Crippen molar-refractivity contribution in [1.82, 2.24) is 5.32 Å². The summed E-state index contributed by atoms with van der Waals surface area (Å²) in [4.78, 5) is 39.4. The van der Waals surface area contributed by atoms with Gasteiger partial charge in [-0.2, -0.15) is 0 Å². The number of hydrogen-bond donors (Lipinski definition) is 3. The molecule has 0 aliphatic heterocycles. The maximum Gasteiger partial charge on any atom is 0.272 e. The topological polar surface area (TPSA) is 87.3 Å². The fourth-order valence-electron chi connectivity index (χ4n) is 3.56. The van der Waals surface area contributed by atoms with Gasteiger partial charge in [-0.15, -0.1) is 11.8 Å². The Bertz CT molecular complexity index is 1550. The van der Waals surface area contributed by atoms with Gasteiger partial charge in [-0.05, 0) is 83.5 Å². The zero-order chi connectivity index (χ0) is 28.5. The van der Waals surface area contributed by atoms with Crippen LogP contribution in [0.2, 0.25) is 0 Å². The standard InChI is InChI=1S/C31H25BrFN3O3S/c1-20(29(37)35-27-14-8-6-12-25(27)32)40-24-17-15-23(16-18-24)34-31(39)28(19-22-11-5-7-13-26(22)33)36-30(38)21-9-3-2-4-10-21/h2-20H,1H3,(H,34,39)(H,35,37)(H,36,38)/b28-19-. The molecule has 0 radical (unpaired) electrons. The highest BCUT2D eigenvalue weighted by atomic mass is 79.9. The number of thioether (sulfide) groups is 1. The summed E-state index contributed by atoms with van der Waals surface area (Å²) < 4.78 is 15.1. The molecule has 0 aromatic heterocycles. The minimum atomic E-state index is -0.617. The highest BCUT2D eigenvalue weighted by molar-refractivity contribution is 9.10. The normalized spacial score (nSPS) is 11.8. The van der Waals surface area contributed by atoms with Crippen molar-refractivity contribution in [2.45, 2.75) is 17.1 Å². The van der Waals surface area contributed by atoms with Crippen LogP contribution in [0.3, 0.4) is 0 Å². The van der Waals surface area contributed by atoms with Crippen molar-refractivity contribution in [3.05, 3.63) is 130 Å². The third-order valence-electron chi connectivity index (χ3n) is 5.66. The average Bonchev–Trinajstić information content (AvgIpc) is 2.96. The molecule has 1 unspecified atom stereocenters. The highest BCUT2D eigenvalue weighted by Gasteiger charge is 2.18. The van der Waals surface area contributed by atoms with Crippen LogP contribution >= 0.6 is 27.7 Å². The first-order chi connectivity index (χ1) is 19.3. The predicted molar refractivity (Wildman–Crippen MR) is 161 cm³/mol. The van der Waals surface area contributed by atoms with Crippen LogP contribution in [0.1, 0.15) is 22.8 Å². The van der Waals surface area contributed by atoms with Gasteiger partial charge >= 0.3 is 0 Å². The molecule has 0 spiro atoms. The molecule has 0 saturated heterocycles. The molecule has 3 amide bonds. The van der Waals surface area contributed by atoms with E-state index in [4.69, 9.17) is 0 Å². The summed E-state index contributed by atoms with van der Waals surface area (Å²) in [6.07, 6.45) is 1.29. The minimum Gasteiger partial charge on any atom is -0.324 e. The molecule has 6 nitrogen and oxygen atoms in total. The molecule has 0 heterocycles. The molecule has 4 rings (SSSR count). The summed E-state index contributed by atoms with van der Waals surface area (Å²) in [7, 11) is 0. The summed E-state index contributed by atoms with van der Waals surface area (Å²) >= 11 is 4.79. The lowest BCUT2D eigenvalue weighted by molar-refractivity contribution is -0.115. The smallest absolute Gasteiger partial charge is 0.272 e. The maximum atomic E-state index is 14.3. The molecule has 202 valence electrons. The fourth-order valence-corrected chi connectivity index (χ4v) is 4.81. The number of halogens is 2. The predicted octanol–water partition coefficient (Wildman–Crippen LogP) is 7.12. The second kappa shape index (κ2) is 13.7. The molecule has 0 fully saturated rings. The SMILES string of the molecule is CC(Sc1ccc(NC(=O)/C(=C/c2ccccc2F)NC(=O)c2ccccc2)cc1)C(=O)Nc1ccccc1Br. The molecule has 9 heteroatoms. The highest BCUT2D eigenvalue weighted by Crippen LogP contribution is 2.27. The zero-order valence-electron chi connectivity index (χ0n) is 21.4. The molecule has 40 heavy (non-hydrogen) atoms. The summed E-state index contributed by atoms with van der Waals surface area (Å²) in [5, 5.41) is 7.86. The van der Waals surface area contributed by atoms with E-state index in [1.165, 1.54) is 30.0 Å². The van der Waals surface area contributed by atoms with E-state index >= 15 is 0 Å². The van der Waals surface area contributed by atoms with E-state index in [0.717, 1.165) is 9.37 Å². The lowest BCUT2D eigenvalue weighted by atomic mass is 10.1. The largest absolute Gasteiger partial charge is 0.324 e. The van der Waals surface area contributed by atoms with Crippen molar-refractivity contribution in [2.24, 2.45) is 0 Å². The van der Waals surface area contributed by atoms with E-state index in [2.05, 4.69) is 31.9 Å². The van der Waals surface area contributed by atoms with Gasteiger partial charge in [0.25, 0.3) is 11.8 Å². The lowest BCUT2D eigenvalue weighted by Gasteiger charge is -2.14. The third kappa shape index (κ3) is 7.91. The van der Waals surface area contributed by atoms with Crippen LogP contribution in [0.25, 0.3) is 6.08 Å². The van der Waals surface area contributed by atoms with E-state index < -0.39 is 17.6 Å². The van der Waals surface area contributed by atoms with Gasteiger partial charge in [-0.3, -0.25) is 14.4 Å². The number of benzene rings is 4. The van der Waals surface area contributed by atoms with Gasteiger partial charge in [-0.1, -0.05) is 48.5 Å². The minimum absolute atomic E-state index is 0.116. The summed E-state index contributed by atoms with van der Waals surface area (Å²) in [6.45, 7) is 1.81. The number of carbonyl (C=O) groups is 3. The van der Waals surface area contributed by atoms with Crippen LogP contribution in [-0.2, 0) is 9.59 Å². The van der Waals surface area contributed by atoms with Gasteiger partial charge < -0.3 is 16.0 Å². The summed E-state index contributed by atoms with van der Waals surface area (Å²) in [5.41, 5.74) is 1.55. The first-order valence-corrected chi connectivity index (χ1v) is 13.9. The van der Waals surface area contributed by atoms with Crippen LogP contribution in [0.15, 0.2) is 118 Å². The van der Waals surface area contributed by atoms with Crippen molar-refractivity contribution in [2.75, 3.05) is 10.6 Å². The number of hydrogen-bond acceptors (Lipinski definition) is 4. The average molecular weight is 619 g/mol. The van der Waals surface area contributed by atoms with Crippen molar-refractivity contribution in [3.63, 3.8) is 0 Å². The number of rotatable bonds is 9. The van der Waals surface area contributed by atoms with Crippen molar-refractivity contribution in [3.8, 4) is 0 Å². The summed E-state index contributed by atoms with van der Waals surface area (Å²) in [6, 6.07) is 28.7. The molecule has 4 aromatic carbocycles. The number of anilines is 2. The molecule has 0 bridgehead atoms. The molecular weight excluding hydrogens is 593 g/mol. The molecule has 0 aliphatic rings. The molecule has 0 aliphatic carbocycles. The van der Waals surface area contributed by atoms with Gasteiger partial charge in [-0.25, -0.2) is 4.39 Å². The van der Waals surface area contributed by atoms with E-state index in [0.29, 0.717) is 16.9 Å². The van der Waals surface area contributed by atoms with Gasteiger partial charge in [0.15, 0.2) is 0 Å². The first-order valence-electron chi connectivity index (χ1n) is 12.3. The third-order valence-corrected chi connectivity index (χ3v) is 7.46. The van der Waals surface area contributed by atoms with Crippen molar-refractivity contribution >= 4 is 62.9 Å². The van der Waals surface area contributed by atoms with Crippen LogP contribution in [0.5, 0.6) is 0 Å². The number of para-hydroxylation sites is 1. The van der Waals surface area contributed by atoms with Gasteiger partial charge in [0.1, 0.15) is 11.5 Å². The van der Waals surface area contributed by atoms with E-state index in [-0.39, 0.29) is 22.4 Å². The van der Waals surface area contributed by atoms with E-state index in [9.17, 15) is 18.8 Å². The first kappa shape index (κ1) is 28.8. The molecular formula is C31H25BrFN3O3S. The van der Waals surface area contributed by atoms with E-state index in [1.54, 1.807) is 66.7 Å². The van der Waals surface area contributed by atoms with Gasteiger partial charge in [0, 0.05) is 26.2 Å². The van der Waals surface area contributed by atoms with Crippen LogP contribution in [0.4, 0.5) is 15.8 Å². The van der Waals surface area contributed by atoms with E-state index in [1.807, 2.05) is 31.2 Å². The van der Waals surface area contributed by atoms with Crippen molar-refractivity contribution < 1.29 is 18.8 Å². The Kier molecular flexibility index (Phi) is 9.88. The Labute approximate surface area is 244 Å². The van der Waals surface area contributed by atoms with Crippen LogP contribution < -0.4 is 16.0 Å². The number of amides is 3. The van der Waals surface area contributed by atoms with Gasteiger partial charge in [0.2, 0.25) is 5.91 Å². The number of carbonyl (C=O) groups excluding carboxylic acids is 3. The molecule has 4 aromatic rings. The van der Waals surface area contributed by atoms with Crippen LogP contribution in [0, 0.1) is 5.82 Å². The quantitative estimate of drug-likeness (QED) is 0.138. The maximum absolute atomic E-state index is 14.3. The Hall–Kier alpha value is -4.21. The second-order valence-corrected chi connectivity index (χ2v) is 10.9. The number of nitrogens with one attached hydrogen (secondary N) is 3. The Morgan fingerprint density at radius 2 is 1.48 bits per heavy atom. The molecule has 3 N–H and O–H groups in total. The van der Waals surface area contributed by atoms with Crippen molar-refractivity contribution in [1.29, 1.82) is 0 Å². The fraction of sp³-hybridized carbons (Fsp3) is 0.0645. The zero-order valence-corrected chi connectivity index (χ0v) is 23.8. The summed E-state index contributed by atoms with van der Waals surface area (Å²) in [5.74, 6) is -1.79. The Morgan fingerprint density at radius 3 is 2.17 bits per heavy atom. The molecule has 1 atom stereocenters. The lowest BCUT2D eigenvalue weighted by Crippen LogP contribution is -2.30. The van der Waals surface area contributed by atoms with Gasteiger partial charge in [0.05, 0.1) is 10.9 Å². The Morgan fingerprint density at radius 1 is 0.825 bits per heavy atom. The molecule has 0 saturated carbocycles. The Balaban J connectivity index is 1.44. The monoisotopic (exact) mass is 617 g/mol.